The van der Waals surface area contributed by atoms with E-state index in [1.54, 1.807) is 18.1 Å². The van der Waals surface area contributed by atoms with E-state index in [2.05, 4.69) is 41.5 Å². The molecule has 0 bridgehead atoms. The van der Waals surface area contributed by atoms with Crippen molar-refractivity contribution in [2.75, 3.05) is 58.1 Å². The number of hydrogen-bond donors (Lipinski definition) is 1. The molecular weight excluding hydrogens is 736 g/mol. The predicted molar refractivity (Wildman–Crippen MR) is 216 cm³/mol. The maximum atomic E-state index is 13.5. The Morgan fingerprint density at radius 2 is 1.59 bits per heavy atom. The van der Waals surface area contributed by atoms with Gasteiger partial charge >= 0.3 is 6.09 Å². The fourth-order valence-electron chi connectivity index (χ4n) is 8.47. The van der Waals surface area contributed by atoms with Crippen molar-refractivity contribution < 1.29 is 47.2 Å². The summed E-state index contributed by atoms with van der Waals surface area (Å²) in [6, 6.07) is 19.9. The first-order chi connectivity index (χ1) is 26.8. The first-order valence-electron chi connectivity index (χ1n) is 19.7. The smallest absolute Gasteiger partial charge is 0.407 e. The highest BCUT2D eigenvalue weighted by molar-refractivity contribution is 6.77. The van der Waals surface area contributed by atoms with E-state index in [0.29, 0.717) is 50.0 Å². The quantitative estimate of drug-likeness (QED) is 0.0944. The number of hydrogen-bond acceptors (Lipinski definition) is 8. The third-order valence-corrected chi connectivity index (χ3v) is 17.1. The van der Waals surface area contributed by atoms with Gasteiger partial charge in [0, 0.05) is 32.7 Å². The number of carbonyl (C=O) groups excluding carboxylic acids is 1. The monoisotopic (exact) mass is 794 g/mol. The molecule has 5 rings (SSSR count). The van der Waals surface area contributed by atoms with Crippen LogP contribution in [0.1, 0.15) is 70.6 Å². The number of halogens is 1. The van der Waals surface area contributed by atoms with Gasteiger partial charge in [0.05, 0.1) is 44.3 Å². The number of likely N-dealkylation sites (tertiary alicyclic amines) is 1. The SMILES string of the molecule is COCCCN1C(=O)COc2ccc(COC3CN(C(=O)O)CC(O[Si](C(C)C)(C(C)C)C(C)C)C3c3ccc(OCCOCc4cccc(F)c4)cc3)cc21. The molecule has 3 unspecified atom stereocenters. The summed E-state index contributed by atoms with van der Waals surface area (Å²) in [7, 11) is -0.836. The molecule has 2 aliphatic heterocycles. The second-order valence-electron chi connectivity index (χ2n) is 15.6. The third-order valence-electron chi connectivity index (χ3n) is 11.0. The zero-order valence-corrected chi connectivity index (χ0v) is 34.9. The first-order valence-corrected chi connectivity index (χ1v) is 21.8. The van der Waals surface area contributed by atoms with Gasteiger partial charge in [-0.25, -0.2) is 9.18 Å². The molecule has 306 valence electrons. The molecule has 1 N–H and O–H groups in total. The van der Waals surface area contributed by atoms with Crippen LogP contribution in [0.25, 0.3) is 0 Å². The topological polar surface area (TPSA) is 116 Å². The molecule has 2 aliphatic rings. The van der Waals surface area contributed by atoms with Crippen molar-refractivity contribution >= 4 is 26.0 Å². The number of nitrogens with zero attached hydrogens (tertiary/aromatic N) is 2. The van der Waals surface area contributed by atoms with E-state index >= 15 is 0 Å². The zero-order chi connectivity index (χ0) is 40.4. The summed E-state index contributed by atoms with van der Waals surface area (Å²) in [5.74, 6) is 0.592. The van der Waals surface area contributed by atoms with Crippen molar-refractivity contribution in [3.05, 3.63) is 89.2 Å². The number of amides is 2. The second kappa shape index (κ2) is 19.9. The lowest BCUT2D eigenvalue weighted by Crippen LogP contribution is -2.59. The van der Waals surface area contributed by atoms with Crippen LogP contribution < -0.4 is 14.4 Å². The van der Waals surface area contributed by atoms with Gasteiger partial charge in [-0.1, -0.05) is 71.9 Å². The number of ether oxygens (including phenoxy) is 5. The van der Waals surface area contributed by atoms with Crippen LogP contribution in [0, 0.1) is 5.82 Å². The molecule has 3 atom stereocenters. The highest BCUT2D eigenvalue weighted by Crippen LogP contribution is 2.46. The number of benzene rings is 3. The van der Waals surface area contributed by atoms with E-state index < -0.39 is 26.6 Å². The molecule has 0 aromatic heterocycles. The fourth-order valence-corrected chi connectivity index (χ4v) is 14.0. The van der Waals surface area contributed by atoms with Crippen LogP contribution in [-0.2, 0) is 36.6 Å². The van der Waals surface area contributed by atoms with Crippen LogP contribution in [0.2, 0.25) is 16.6 Å². The molecule has 0 spiro atoms. The maximum absolute atomic E-state index is 13.5. The van der Waals surface area contributed by atoms with Gasteiger partial charge in [-0.2, -0.15) is 0 Å². The summed E-state index contributed by atoms with van der Waals surface area (Å²) >= 11 is 0. The lowest BCUT2D eigenvalue weighted by Gasteiger charge is -2.50. The molecule has 2 amide bonds. The Balaban J connectivity index is 1.39. The summed E-state index contributed by atoms with van der Waals surface area (Å²) in [6.45, 7) is 15.9. The number of fused-ring (bicyclic) bond motifs is 1. The summed E-state index contributed by atoms with van der Waals surface area (Å²) in [4.78, 5) is 28.7. The number of carboxylic acid groups (broad SMARTS) is 1. The van der Waals surface area contributed by atoms with E-state index in [9.17, 15) is 19.1 Å². The molecule has 3 aromatic rings. The Labute approximate surface area is 332 Å². The van der Waals surface area contributed by atoms with Crippen molar-refractivity contribution in [3.63, 3.8) is 0 Å². The maximum Gasteiger partial charge on any atom is 0.407 e. The lowest BCUT2D eigenvalue weighted by molar-refractivity contribution is -0.121. The van der Waals surface area contributed by atoms with Gasteiger partial charge < -0.3 is 43.0 Å². The van der Waals surface area contributed by atoms with Gasteiger partial charge in [0.1, 0.15) is 23.9 Å². The minimum atomic E-state index is -2.47. The number of piperidine rings is 1. The van der Waals surface area contributed by atoms with Crippen molar-refractivity contribution in [2.45, 2.75) is 95.9 Å². The molecule has 1 fully saturated rings. The van der Waals surface area contributed by atoms with E-state index in [1.165, 1.54) is 17.0 Å². The average Bonchev–Trinajstić information content (AvgIpc) is 3.16. The van der Waals surface area contributed by atoms with Crippen LogP contribution in [0.3, 0.4) is 0 Å². The molecule has 13 heteroatoms. The molecule has 1 saturated heterocycles. The molecular formula is C43H59FN2O9Si. The largest absolute Gasteiger partial charge is 0.491 e. The standard InChI is InChI=1S/C43H59FN2O9Si/c1-29(2)56(30(3)4,31(5)6)55-40-25-45(43(48)49)24-39(53-27-33-12-17-38-37(23-33)46(18-9-19-50-7)41(47)28-54-38)42(40)34-13-15-36(16-14-34)52-21-20-51-26-32-10-8-11-35(44)22-32/h8,10-17,22-23,29-31,39-40,42H,9,18-21,24-28H2,1-7H3,(H,48,49). The first kappa shape index (κ1) is 43.1. The van der Waals surface area contributed by atoms with Crippen LogP contribution in [0.5, 0.6) is 11.5 Å². The summed E-state index contributed by atoms with van der Waals surface area (Å²) in [5, 5.41) is 10.4. The third kappa shape index (κ3) is 10.5. The highest BCUT2D eigenvalue weighted by atomic mass is 28.4. The molecule has 3 aromatic carbocycles. The Hall–Kier alpha value is -4.01. The van der Waals surface area contributed by atoms with E-state index in [-0.39, 0.29) is 67.2 Å². The summed E-state index contributed by atoms with van der Waals surface area (Å²) in [5.41, 5.74) is 4.10. The van der Waals surface area contributed by atoms with Crippen LogP contribution in [0.15, 0.2) is 66.7 Å². The predicted octanol–water partition coefficient (Wildman–Crippen LogP) is 8.41. The van der Waals surface area contributed by atoms with Crippen molar-refractivity contribution in [3.8, 4) is 11.5 Å². The molecule has 0 radical (unpaired) electrons. The highest BCUT2D eigenvalue weighted by Gasteiger charge is 2.51. The normalized spacial score (nSPS) is 18.8. The summed E-state index contributed by atoms with van der Waals surface area (Å²) in [6.07, 6.45) is -1.34. The van der Waals surface area contributed by atoms with Crippen LogP contribution >= 0.6 is 0 Å². The molecule has 2 heterocycles. The number of anilines is 1. The number of methoxy groups -OCH3 is 1. The van der Waals surface area contributed by atoms with Gasteiger partial charge in [0.25, 0.3) is 5.91 Å². The molecule has 0 aliphatic carbocycles. The molecule has 56 heavy (non-hydrogen) atoms. The Kier molecular flexibility index (Phi) is 15.3. The van der Waals surface area contributed by atoms with Crippen molar-refractivity contribution in [2.24, 2.45) is 0 Å². The summed E-state index contributed by atoms with van der Waals surface area (Å²) < 4.78 is 50.4. The lowest BCUT2D eigenvalue weighted by atomic mass is 9.84. The van der Waals surface area contributed by atoms with E-state index in [1.807, 2.05) is 48.5 Å². The van der Waals surface area contributed by atoms with E-state index in [0.717, 1.165) is 16.7 Å². The second-order valence-corrected chi connectivity index (χ2v) is 21.0. The van der Waals surface area contributed by atoms with Gasteiger partial charge in [-0.05, 0) is 76.1 Å². The fraction of sp³-hybridized carbons (Fsp3) is 0.535. The Bertz CT molecular complexity index is 1720. The van der Waals surface area contributed by atoms with Crippen molar-refractivity contribution in [1.29, 1.82) is 0 Å². The molecule has 11 nitrogen and oxygen atoms in total. The minimum Gasteiger partial charge on any atom is -0.491 e. The van der Waals surface area contributed by atoms with E-state index in [4.69, 9.17) is 28.1 Å². The molecule has 0 saturated carbocycles. The van der Waals surface area contributed by atoms with Gasteiger partial charge in [-0.15, -0.1) is 0 Å². The van der Waals surface area contributed by atoms with Crippen LogP contribution in [-0.4, -0.2) is 95.7 Å². The number of carbonyl (C=O) groups is 2. The number of rotatable bonds is 19. The van der Waals surface area contributed by atoms with Crippen molar-refractivity contribution in [1.82, 2.24) is 4.90 Å². The Morgan fingerprint density at radius 1 is 0.893 bits per heavy atom. The van der Waals surface area contributed by atoms with Gasteiger partial charge in [0.2, 0.25) is 8.32 Å². The Morgan fingerprint density at radius 3 is 2.25 bits per heavy atom. The van der Waals surface area contributed by atoms with Gasteiger partial charge in [-0.3, -0.25) is 4.79 Å². The zero-order valence-electron chi connectivity index (χ0n) is 33.9. The van der Waals surface area contributed by atoms with Gasteiger partial charge in [0.15, 0.2) is 6.61 Å². The van der Waals surface area contributed by atoms with Crippen LogP contribution in [0.4, 0.5) is 14.9 Å². The average molecular weight is 795 g/mol. The minimum absolute atomic E-state index is 0.0197.